The van der Waals surface area contributed by atoms with Crippen molar-refractivity contribution in [1.29, 1.82) is 0 Å². The van der Waals surface area contributed by atoms with Gasteiger partial charge in [0.05, 0.1) is 7.11 Å². The van der Waals surface area contributed by atoms with Crippen LogP contribution in [0.5, 0.6) is 5.75 Å². The van der Waals surface area contributed by atoms with Crippen molar-refractivity contribution in [2.45, 2.75) is 153 Å². The average Bonchev–Trinajstić information content (AvgIpc) is 0.713. The number of carbonyl (C=O) groups is 2. The highest BCUT2D eigenvalue weighted by Gasteiger charge is 2.63. The van der Waals surface area contributed by atoms with Gasteiger partial charge in [-0.1, -0.05) is 176 Å². The number of fused-ring (bicyclic) bond motifs is 4. The fourth-order valence-electron chi connectivity index (χ4n) is 18.4. The molecule has 0 saturated heterocycles. The van der Waals surface area contributed by atoms with E-state index in [1.165, 1.54) is 69.5 Å². The summed E-state index contributed by atoms with van der Waals surface area (Å²) in [7, 11) is -33.9. The van der Waals surface area contributed by atoms with Crippen molar-refractivity contribution in [3.8, 4) is 5.75 Å². The summed E-state index contributed by atoms with van der Waals surface area (Å²) in [5, 5.41) is 74.8. The average molecular weight is 2090 g/mol. The van der Waals surface area contributed by atoms with Gasteiger partial charge >= 0.3 is 105 Å². The Balaban J connectivity index is 0.000000172. The lowest BCUT2D eigenvalue weighted by molar-refractivity contribution is -0.253. The predicted molar refractivity (Wildman–Crippen MR) is 452 cm³/mol. The Labute approximate surface area is 780 Å². The molecule has 4 atom stereocenters. The highest BCUT2D eigenvalue weighted by atomic mass is 32.2. The van der Waals surface area contributed by atoms with Gasteiger partial charge in [0, 0.05) is 52.5 Å². The molecule has 8 aromatic carbocycles. The summed E-state index contributed by atoms with van der Waals surface area (Å²) >= 11 is 0. The van der Waals surface area contributed by atoms with E-state index in [0.29, 0.717) is 94.5 Å². The number of rotatable bonds is 18. The van der Waals surface area contributed by atoms with Crippen molar-refractivity contribution in [3.63, 3.8) is 0 Å². The minimum absolute atomic E-state index is 0.00172. The second-order valence-corrected chi connectivity index (χ2v) is 42.8. The number of esters is 2. The predicted octanol–water partition coefficient (Wildman–Crippen LogP) is 11.9. The number of hydrogen-bond acceptors (Lipinski definition) is 23. The molecule has 53 heteroatoms. The van der Waals surface area contributed by atoms with Gasteiger partial charge < -0.3 is 44.8 Å². The van der Waals surface area contributed by atoms with Crippen molar-refractivity contribution in [1.82, 2.24) is 0 Å². The molecular formula is C86H74F18N6O23S6-6. The molecule has 8 fully saturated rings. The van der Waals surface area contributed by atoms with E-state index in [2.05, 4.69) is 33.0 Å². The molecule has 0 radical (unpaired) electrons. The first-order valence-electron chi connectivity index (χ1n) is 40.3. The van der Waals surface area contributed by atoms with Crippen LogP contribution in [0.4, 0.5) is 79.0 Å². The van der Waals surface area contributed by atoms with E-state index in [4.69, 9.17) is 14.2 Å². The number of carbonyl (C=O) groups excluding carboxylic acids is 2. The Morgan fingerprint density at radius 3 is 1.08 bits per heavy atom. The Morgan fingerprint density at radius 2 is 0.719 bits per heavy atom. The largest absolute Gasteiger partial charge is 0.861 e. The van der Waals surface area contributed by atoms with E-state index in [1.807, 2.05) is 0 Å². The van der Waals surface area contributed by atoms with E-state index < -0.39 is 174 Å². The first-order valence-corrected chi connectivity index (χ1v) is 49.0. The van der Waals surface area contributed by atoms with Crippen molar-refractivity contribution in [2.75, 3.05) is 7.11 Å². The molecule has 139 heavy (non-hydrogen) atoms. The molecule has 754 valence electrons. The second kappa shape index (κ2) is 40.3. The van der Waals surface area contributed by atoms with Crippen molar-refractivity contribution >= 4 is 129 Å². The van der Waals surface area contributed by atoms with Crippen LogP contribution in [0.1, 0.15) is 147 Å². The zero-order chi connectivity index (χ0) is 104. The molecule has 0 amide bonds. The first-order chi connectivity index (χ1) is 63.9. The fourth-order valence-corrected chi connectivity index (χ4v) is 21.2. The molecule has 9 aliphatic rings. The number of benzene rings is 8. The lowest BCUT2D eigenvalue weighted by atomic mass is 9.47. The van der Waals surface area contributed by atoms with E-state index in [-0.39, 0.29) is 66.1 Å². The summed E-state index contributed by atoms with van der Waals surface area (Å²) < 4.78 is 387. The molecule has 0 heterocycles. The first kappa shape index (κ1) is 109. The summed E-state index contributed by atoms with van der Waals surface area (Å²) in [6, 6.07) is 48.9. The summed E-state index contributed by atoms with van der Waals surface area (Å²) in [4.78, 5) is 23.4. The van der Waals surface area contributed by atoms with Crippen LogP contribution < -0.4 is 35.4 Å². The number of alkyl halides is 18. The molecule has 0 aromatic heterocycles. The van der Waals surface area contributed by atoms with E-state index in [0.717, 1.165) is 36.1 Å². The smallest absolute Gasteiger partial charge is 0.518 e. The SMILES string of the molecule is C=C(C)C(=O)OC12CC3CC(C1)CC(C([O-])=NS(=O)(=O)C(F)(F)F)(C3)C2.CC(=O)OC12CC3CC(C1)CC(C([O-])=NS(=O)(=O)C(F)(F)F)(C3)C2.COc1ccc(C([O-])=NS(=O)(=O)C(F)(F)F)cc1.O=S(=O)(N=C([O-])C(c1ccccc1)c1ccccc1)C(F)(F)F.O=S(=O)(N=C([O-])C1c2ccccc2Cc2ccccc21)C(F)(F)F.O=S(=O)(N=C([O-])c1c2ccccc2cc2ccccc12)C(F)(F)F. The van der Waals surface area contributed by atoms with Crippen molar-refractivity contribution < 1.29 is 184 Å². The zero-order valence-corrected chi connectivity index (χ0v) is 76.5. The van der Waals surface area contributed by atoms with Crippen LogP contribution in [0.2, 0.25) is 0 Å². The topological polar surface area (TPSA) is 479 Å². The van der Waals surface area contributed by atoms with Gasteiger partial charge in [0.1, 0.15) is 17.0 Å². The summed E-state index contributed by atoms with van der Waals surface area (Å²) in [5.41, 5.74) is -35.2. The van der Waals surface area contributed by atoms with Crippen LogP contribution in [0, 0.1) is 34.5 Å². The van der Waals surface area contributed by atoms with E-state index in [1.54, 1.807) is 127 Å². The number of ether oxygens (including phenoxy) is 3. The maximum Gasteiger partial charge on any atom is 0.518 e. The number of hydrogen-bond donors (Lipinski definition) is 0. The highest BCUT2D eigenvalue weighted by molar-refractivity contribution is 7.92. The van der Waals surface area contributed by atoms with Gasteiger partial charge in [-0.2, -0.15) is 156 Å². The summed E-state index contributed by atoms with van der Waals surface area (Å²) in [5.74, 6) is -11.3. The molecular weight excluding hydrogens is 2020 g/mol. The summed E-state index contributed by atoms with van der Waals surface area (Å²) in [6.45, 7) is 6.24. The Morgan fingerprint density at radius 1 is 0.396 bits per heavy atom. The van der Waals surface area contributed by atoms with Gasteiger partial charge in [0.2, 0.25) is 0 Å². The minimum atomic E-state index is -5.91. The van der Waals surface area contributed by atoms with Crippen LogP contribution >= 0.6 is 0 Å². The van der Waals surface area contributed by atoms with Gasteiger partial charge in [-0.3, -0.25) is 4.79 Å². The quantitative estimate of drug-likeness (QED) is 0.0192. The van der Waals surface area contributed by atoms with Crippen molar-refractivity contribution in [3.05, 3.63) is 245 Å². The van der Waals surface area contributed by atoms with Gasteiger partial charge in [0.15, 0.2) is 0 Å². The number of sulfonamides is 6. The van der Waals surface area contributed by atoms with Crippen LogP contribution in [-0.2, 0) is 85.6 Å². The maximum atomic E-state index is 12.6. The van der Waals surface area contributed by atoms with Crippen LogP contribution in [0.25, 0.3) is 21.5 Å². The standard InChI is InChI=1S/C16H20F3NO5S.C16H12F3NO3S.C16H10F3NO3S.C15H12F3NO3S.C14H18F3NO5S.C9H8F3NO4S/c1-9(2)12(21)25-15-6-10-3-11(7-15)5-14(4-10,8-15)13(22)20-26(23,24)16(17,18)19;2*17-16(18,19)24(22,23)20-15(21)14-12-7-3-1-5-10(12)9-11-6-2-4-8-13(11)14;16-15(17,18)23(21,22)19-14(20)13(11-7-3-1-4-8-11)12-9-5-2-6-10-12;1-8(19)23-13-5-9-2-10(6-13)4-12(3-9,7-13)11(20)18-24(21,22)14(15,16)17;1-17-7-4-2-6(3-5-7)8(14)13-18(15,16)9(10,11)12/h10-11H,1,3-8H2,2H3,(H,20,22);1-8,14H,9H2,(H,20,21);1-9H,(H,20,21);1-10,13H,(H,19,20);9-10H,2-7H2,1H3,(H,18,20);2-5H,1H3,(H,13,14)/p-6. The minimum Gasteiger partial charge on any atom is -0.861 e. The van der Waals surface area contributed by atoms with Gasteiger partial charge in [0.25, 0.3) is 0 Å². The van der Waals surface area contributed by atoms with Crippen molar-refractivity contribution in [2.24, 2.45) is 60.9 Å². The molecule has 17 rings (SSSR count). The third-order valence-electron chi connectivity index (χ3n) is 23.1. The molecule has 0 aliphatic heterocycles. The Kier molecular flexibility index (Phi) is 31.6. The monoisotopic (exact) mass is 2090 g/mol. The molecule has 8 saturated carbocycles. The Hall–Kier alpha value is -12.0. The maximum absolute atomic E-state index is 12.6. The third kappa shape index (κ3) is 25.1. The molecule has 9 aliphatic carbocycles. The third-order valence-corrected chi connectivity index (χ3v) is 29.1. The lowest BCUT2D eigenvalue weighted by Gasteiger charge is -2.62. The number of methoxy groups -OCH3 is 1. The summed E-state index contributed by atoms with van der Waals surface area (Å²) in [6.07, 6.45) is 5.44. The highest BCUT2D eigenvalue weighted by Crippen LogP contribution is 2.65. The number of nitrogens with zero attached hydrogens (tertiary/aromatic N) is 6. The van der Waals surface area contributed by atoms with Gasteiger partial charge in [-0.15, -0.1) is 0 Å². The number of halogens is 18. The van der Waals surface area contributed by atoms with Gasteiger partial charge in [-0.25, -0.2) is 4.79 Å². The second-order valence-electron chi connectivity index (χ2n) is 33.3. The molecule has 4 unspecified atom stereocenters. The molecule has 29 nitrogen and oxygen atoms in total. The molecule has 8 bridgehead atoms. The van der Waals surface area contributed by atoms with Gasteiger partial charge in [-0.05, 0) is 216 Å². The lowest BCUT2D eigenvalue weighted by Crippen LogP contribution is -2.61. The zero-order valence-electron chi connectivity index (χ0n) is 71.6. The fraction of sp³-hybridized carbons (Fsp3) is 0.372. The molecule has 0 N–H and O–H groups in total. The normalized spacial score (nSPS) is 22.6. The molecule has 8 aromatic rings. The molecule has 0 spiro atoms. The van der Waals surface area contributed by atoms with E-state index in [9.17, 15) is 170 Å². The van der Waals surface area contributed by atoms with Crippen LogP contribution in [-0.4, -0.2) is 149 Å². The van der Waals surface area contributed by atoms with Crippen LogP contribution in [0.15, 0.2) is 227 Å². The van der Waals surface area contributed by atoms with Crippen LogP contribution in [0.3, 0.4) is 0 Å². The Bertz CT molecular complexity index is 6760. The van der Waals surface area contributed by atoms with E-state index >= 15 is 0 Å².